The number of aryl methyl sites for hydroxylation is 1. The molecule has 2 N–H and O–H groups in total. The van der Waals surface area contributed by atoms with E-state index < -0.39 is 42.7 Å². The highest BCUT2D eigenvalue weighted by Crippen LogP contribution is 2.22. The van der Waals surface area contributed by atoms with E-state index in [9.17, 15) is 31.7 Å². The molecule has 1 amide bonds. The van der Waals surface area contributed by atoms with Gasteiger partial charge in [-0.15, -0.1) is 0 Å². The highest BCUT2D eigenvalue weighted by Gasteiger charge is 2.26. The molecular weight excluding hydrogens is 560 g/mol. The molecule has 0 fully saturated rings. The molecule has 0 aliphatic rings. The van der Waals surface area contributed by atoms with Gasteiger partial charge < -0.3 is 4.18 Å². The van der Waals surface area contributed by atoms with E-state index in [4.69, 9.17) is 4.18 Å². The fourth-order valence-corrected chi connectivity index (χ4v) is 5.62. The number of amides is 1. The molecule has 0 spiro atoms. The lowest BCUT2D eigenvalue weighted by Crippen LogP contribution is -2.46. The van der Waals surface area contributed by atoms with Crippen LogP contribution in [0.3, 0.4) is 0 Å². The van der Waals surface area contributed by atoms with E-state index in [0.717, 1.165) is 17.7 Å². The molecule has 3 rings (SSSR count). The third-order valence-electron chi connectivity index (χ3n) is 5.44. The maximum atomic E-state index is 12.8. The molecule has 0 aromatic heterocycles. The Bertz CT molecular complexity index is 1600. The van der Waals surface area contributed by atoms with Gasteiger partial charge in [0.25, 0.3) is 11.6 Å². The lowest BCUT2D eigenvalue weighted by atomic mass is 10.0. The van der Waals surface area contributed by atoms with Crippen LogP contribution in [0.15, 0.2) is 87.7 Å². The summed E-state index contributed by atoms with van der Waals surface area (Å²) in [7, 11) is -8.27. The molecule has 0 radical (unpaired) electrons. The molecule has 0 bridgehead atoms. The number of hydrazone groups is 1. The van der Waals surface area contributed by atoms with Gasteiger partial charge in [-0.05, 0) is 67.3 Å². The van der Waals surface area contributed by atoms with Gasteiger partial charge >= 0.3 is 10.1 Å². The van der Waals surface area contributed by atoms with E-state index in [1.54, 1.807) is 12.1 Å². The Morgan fingerprint density at radius 2 is 1.65 bits per heavy atom. The average molecular weight is 589 g/mol. The van der Waals surface area contributed by atoms with Crippen LogP contribution >= 0.6 is 0 Å². The minimum atomic E-state index is -4.32. The summed E-state index contributed by atoms with van der Waals surface area (Å²) < 4.78 is 58.0. The molecule has 1 atom stereocenters. The van der Waals surface area contributed by atoms with Gasteiger partial charge in [0, 0.05) is 12.1 Å². The van der Waals surface area contributed by atoms with Crippen molar-refractivity contribution in [1.29, 1.82) is 0 Å². The molecule has 40 heavy (non-hydrogen) atoms. The number of nitro groups is 1. The number of benzene rings is 3. The number of carbonyl (C=O) groups is 1. The summed E-state index contributed by atoms with van der Waals surface area (Å²) in [6, 6.07) is 15.3. The lowest BCUT2D eigenvalue weighted by Gasteiger charge is -2.19. The van der Waals surface area contributed by atoms with Gasteiger partial charge in [0.05, 0.1) is 16.0 Å². The van der Waals surface area contributed by atoms with Crippen LogP contribution in [0.25, 0.3) is 0 Å². The van der Waals surface area contributed by atoms with Gasteiger partial charge in [0.2, 0.25) is 10.0 Å². The number of nitrogens with zero attached hydrogens (tertiary/aromatic N) is 2. The minimum absolute atomic E-state index is 0.00583. The molecule has 0 saturated heterocycles. The van der Waals surface area contributed by atoms with Crippen molar-refractivity contribution < 1.29 is 30.7 Å². The Morgan fingerprint density at radius 3 is 2.25 bits per heavy atom. The number of non-ortho nitro benzene ring substituents is 1. The van der Waals surface area contributed by atoms with Crippen LogP contribution in [0.1, 0.15) is 31.4 Å². The topological polar surface area (TPSA) is 174 Å². The number of rotatable bonds is 12. The van der Waals surface area contributed by atoms with Gasteiger partial charge in [0.15, 0.2) is 0 Å². The summed E-state index contributed by atoms with van der Waals surface area (Å²) in [5, 5.41) is 14.8. The van der Waals surface area contributed by atoms with Crippen LogP contribution in [0, 0.1) is 23.0 Å². The Kier molecular flexibility index (Phi) is 9.74. The van der Waals surface area contributed by atoms with Crippen molar-refractivity contribution in [2.24, 2.45) is 11.0 Å². The molecule has 0 aliphatic heterocycles. The van der Waals surface area contributed by atoms with Crippen molar-refractivity contribution in [3.8, 4) is 5.75 Å². The fraction of sp³-hybridized carbons (Fsp3) is 0.231. The standard InChI is InChI=1S/C26H28N4O8S2/c1-18(2)15-25(29-39(34,35)23-13-7-19(3)8-14-23)26(31)28-27-17-20-9-11-22(12-10-20)38-40(36,37)24-6-4-5-21(16-24)30(32)33/h4-14,16-18,25,29H,15H2,1-3H3,(H,28,31)/b27-17-/t25-/m1/s1. The van der Waals surface area contributed by atoms with E-state index in [1.807, 2.05) is 20.8 Å². The number of sulfonamides is 1. The van der Waals surface area contributed by atoms with E-state index >= 15 is 0 Å². The average Bonchev–Trinajstić information content (AvgIpc) is 2.89. The molecule has 0 heterocycles. The van der Waals surface area contributed by atoms with Crippen molar-refractivity contribution in [2.75, 3.05) is 0 Å². The minimum Gasteiger partial charge on any atom is -0.379 e. The molecule has 0 saturated carbocycles. The summed E-state index contributed by atoms with van der Waals surface area (Å²) in [6.07, 6.45) is 1.52. The number of nitro benzene ring substituents is 1. The maximum Gasteiger partial charge on any atom is 0.339 e. The van der Waals surface area contributed by atoms with Gasteiger partial charge in [-0.3, -0.25) is 14.9 Å². The largest absolute Gasteiger partial charge is 0.379 e. The number of hydrogen-bond acceptors (Lipinski definition) is 9. The normalized spacial score (nSPS) is 12.8. The maximum absolute atomic E-state index is 12.8. The van der Waals surface area contributed by atoms with Gasteiger partial charge in [-0.25, -0.2) is 13.8 Å². The Morgan fingerprint density at radius 1 is 1.00 bits per heavy atom. The quantitative estimate of drug-likeness (QED) is 0.140. The van der Waals surface area contributed by atoms with Crippen molar-refractivity contribution in [2.45, 2.75) is 43.0 Å². The first-order valence-corrected chi connectivity index (χ1v) is 14.9. The van der Waals surface area contributed by atoms with Crippen LogP contribution in [0.2, 0.25) is 0 Å². The van der Waals surface area contributed by atoms with Crippen molar-refractivity contribution in [3.05, 3.63) is 94.0 Å². The van der Waals surface area contributed by atoms with Crippen molar-refractivity contribution >= 4 is 38.0 Å². The number of hydrogen-bond donors (Lipinski definition) is 2. The van der Waals surface area contributed by atoms with E-state index in [-0.39, 0.29) is 27.9 Å². The molecule has 0 unspecified atom stereocenters. The lowest BCUT2D eigenvalue weighted by molar-refractivity contribution is -0.385. The first-order chi connectivity index (χ1) is 18.8. The van der Waals surface area contributed by atoms with E-state index in [1.165, 1.54) is 54.7 Å². The van der Waals surface area contributed by atoms with E-state index in [0.29, 0.717) is 5.56 Å². The van der Waals surface area contributed by atoms with Gasteiger partial charge in [-0.1, -0.05) is 37.6 Å². The third-order valence-corrected chi connectivity index (χ3v) is 8.17. The van der Waals surface area contributed by atoms with Gasteiger partial charge in [-0.2, -0.15) is 18.2 Å². The predicted octanol–water partition coefficient (Wildman–Crippen LogP) is 3.51. The number of carbonyl (C=O) groups excluding carboxylic acids is 1. The smallest absolute Gasteiger partial charge is 0.339 e. The van der Waals surface area contributed by atoms with Crippen LogP contribution in [0.4, 0.5) is 5.69 Å². The molecule has 212 valence electrons. The van der Waals surface area contributed by atoms with Crippen molar-refractivity contribution in [1.82, 2.24) is 10.1 Å². The Balaban J connectivity index is 1.65. The second-order valence-corrected chi connectivity index (χ2v) is 12.5. The van der Waals surface area contributed by atoms with Crippen LogP contribution in [-0.2, 0) is 24.9 Å². The van der Waals surface area contributed by atoms with Gasteiger partial charge in [0.1, 0.15) is 16.7 Å². The fourth-order valence-electron chi connectivity index (χ4n) is 3.44. The zero-order valence-corrected chi connectivity index (χ0v) is 23.5. The number of nitrogens with one attached hydrogen (secondary N) is 2. The second kappa shape index (κ2) is 12.8. The SMILES string of the molecule is Cc1ccc(S(=O)(=O)N[C@H](CC(C)C)C(=O)N/N=C\c2ccc(OS(=O)(=O)c3cccc([N+](=O)[O-])c3)cc2)cc1. The highest BCUT2D eigenvalue weighted by atomic mass is 32.2. The summed E-state index contributed by atoms with van der Waals surface area (Å²) in [4.78, 5) is 22.6. The Hall–Kier alpha value is -4.14. The molecule has 0 aliphatic carbocycles. The highest BCUT2D eigenvalue weighted by molar-refractivity contribution is 7.89. The molecule has 14 heteroatoms. The zero-order valence-electron chi connectivity index (χ0n) is 21.8. The summed E-state index contributed by atoms with van der Waals surface area (Å²) in [5.74, 6) is -0.690. The monoisotopic (exact) mass is 588 g/mol. The van der Waals surface area contributed by atoms with E-state index in [2.05, 4.69) is 15.2 Å². The first-order valence-electron chi connectivity index (χ1n) is 12.0. The Labute approximate surface area is 232 Å². The van der Waals surface area contributed by atoms with Crippen LogP contribution in [0.5, 0.6) is 5.75 Å². The predicted molar refractivity (Wildman–Crippen MR) is 148 cm³/mol. The summed E-state index contributed by atoms with van der Waals surface area (Å²) in [5.41, 5.74) is 3.31. The summed E-state index contributed by atoms with van der Waals surface area (Å²) in [6.45, 7) is 5.54. The molecular formula is C26H28N4O8S2. The first kappa shape index (κ1) is 30.4. The molecule has 12 nitrogen and oxygen atoms in total. The second-order valence-electron chi connectivity index (χ2n) is 9.21. The summed E-state index contributed by atoms with van der Waals surface area (Å²) >= 11 is 0. The van der Waals surface area contributed by atoms with Crippen molar-refractivity contribution in [3.63, 3.8) is 0 Å². The van der Waals surface area contributed by atoms with Crippen LogP contribution in [-0.4, -0.2) is 39.9 Å². The van der Waals surface area contributed by atoms with Crippen LogP contribution < -0.4 is 14.3 Å². The molecule has 3 aromatic carbocycles. The molecule has 3 aromatic rings. The zero-order chi connectivity index (χ0) is 29.5. The third kappa shape index (κ3) is 8.43.